The molecule has 3 heteroatoms. The second-order valence-corrected chi connectivity index (χ2v) is 24.3. The molecular formula is C46H60Cl2Zr. The van der Waals surface area contributed by atoms with Crippen LogP contribution in [0.25, 0.3) is 11.1 Å². The molecule has 0 radical (unpaired) electrons. The van der Waals surface area contributed by atoms with E-state index in [1.54, 1.807) is 22.3 Å². The van der Waals surface area contributed by atoms with Gasteiger partial charge in [0.1, 0.15) is 0 Å². The Bertz CT molecular complexity index is 1380. The zero-order valence-electron chi connectivity index (χ0n) is 30.0. The van der Waals surface area contributed by atoms with E-state index in [0.717, 1.165) is 42.8 Å². The van der Waals surface area contributed by atoms with Crippen molar-refractivity contribution < 1.29 is 46.1 Å². The number of halogens is 2. The van der Waals surface area contributed by atoms with Crippen LogP contribution in [0.1, 0.15) is 164 Å². The normalized spacial score (nSPS) is 26.0. The van der Waals surface area contributed by atoms with Crippen molar-refractivity contribution in [3.8, 4) is 0 Å². The fourth-order valence-corrected chi connectivity index (χ4v) is 22.9. The Labute approximate surface area is 318 Å². The van der Waals surface area contributed by atoms with Crippen LogP contribution in [0.15, 0.2) is 60.7 Å². The molecule has 49 heavy (non-hydrogen) atoms. The van der Waals surface area contributed by atoms with Gasteiger partial charge >= 0.3 is 296 Å². The predicted octanol–water partition coefficient (Wildman–Crippen LogP) is 7.02. The van der Waals surface area contributed by atoms with Crippen molar-refractivity contribution in [3.05, 3.63) is 82.9 Å². The van der Waals surface area contributed by atoms with Crippen LogP contribution in [0.2, 0.25) is 0 Å². The topological polar surface area (TPSA) is 0 Å². The van der Waals surface area contributed by atoms with Gasteiger partial charge in [-0.25, -0.2) is 0 Å². The molecule has 0 N–H and O–H groups in total. The van der Waals surface area contributed by atoms with Crippen molar-refractivity contribution in [3.63, 3.8) is 0 Å². The van der Waals surface area contributed by atoms with E-state index in [0.29, 0.717) is 0 Å². The average Bonchev–Trinajstić information content (AvgIpc) is 3.98. The summed E-state index contributed by atoms with van der Waals surface area (Å²) in [5, 5.41) is 0. The summed E-state index contributed by atoms with van der Waals surface area (Å²) in [5.74, 6) is 5.38. The van der Waals surface area contributed by atoms with E-state index in [4.69, 9.17) is 0 Å². The van der Waals surface area contributed by atoms with Gasteiger partial charge in [-0.05, 0) is 0 Å². The molecule has 2 aromatic rings. The molecule has 0 spiro atoms. The molecule has 0 saturated heterocycles. The molecule has 9 rings (SSSR count). The molecule has 2 atom stereocenters. The van der Waals surface area contributed by atoms with Gasteiger partial charge in [-0.15, -0.1) is 0 Å². The summed E-state index contributed by atoms with van der Waals surface area (Å²) in [6.45, 7) is 0. The number of benzene rings is 2. The maximum Gasteiger partial charge on any atom is -1.00 e. The molecule has 0 aromatic heterocycles. The van der Waals surface area contributed by atoms with Gasteiger partial charge in [0.2, 0.25) is 0 Å². The number of hydrogen-bond donors (Lipinski definition) is 0. The monoisotopic (exact) mass is 772 g/mol. The first-order valence-electron chi connectivity index (χ1n) is 20.7. The molecule has 262 valence electrons. The quantitative estimate of drug-likeness (QED) is 0.271. The van der Waals surface area contributed by atoms with Crippen molar-refractivity contribution >= 4 is 14.4 Å². The van der Waals surface area contributed by atoms with E-state index in [2.05, 4.69) is 63.9 Å². The van der Waals surface area contributed by atoms with Crippen LogP contribution in [-0.2, 0) is 21.3 Å². The number of hydrogen-bond acceptors (Lipinski definition) is 0. The van der Waals surface area contributed by atoms with E-state index in [1.807, 2.05) is 11.1 Å². The summed E-state index contributed by atoms with van der Waals surface area (Å²) in [6.07, 6.45) is 37.0. The minimum absolute atomic E-state index is 0. The van der Waals surface area contributed by atoms with Crippen LogP contribution >= 0.6 is 0 Å². The second-order valence-electron chi connectivity index (χ2n) is 17.2. The molecule has 5 fully saturated rings. The summed E-state index contributed by atoms with van der Waals surface area (Å²) in [4.78, 5) is 0. The van der Waals surface area contributed by atoms with Crippen LogP contribution in [0, 0.1) is 35.5 Å². The molecule has 0 heterocycles. The first-order chi connectivity index (χ1) is 23.3. The molecule has 7 aliphatic carbocycles. The maximum atomic E-state index is 3.03. The standard InChI is InChI=1S/2C20H25.C6H10.2ClH.Zr/c2*1-2-9-16(8-1)20(17-10-3-4-11-17)19-14-13-15-7-5-6-12-18(15)19;1-2-4-6-5-3-1;;;/h2*5-7,12-14,16-17,20H,1-4,8-11H2;1-5H2;2*1H;/q;;;;;+2/p-2. The van der Waals surface area contributed by atoms with Gasteiger partial charge in [0.05, 0.1) is 0 Å². The average molecular weight is 775 g/mol. The smallest absolute Gasteiger partial charge is 1.00 e. The Balaban J connectivity index is 0.00000189. The third kappa shape index (κ3) is 7.04. The summed E-state index contributed by atoms with van der Waals surface area (Å²) in [6, 6.07) is 20.0. The van der Waals surface area contributed by atoms with Crippen molar-refractivity contribution in [2.24, 2.45) is 35.5 Å². The van der Waals surface area contributed by atoms with Gasteiger partial charge < -0.3 is 24.8 Å². The van der Waals surface area contributed by atoms with Crippen molar-refractivity contribution in [2.75, 3.05) is 0 Å². The molecule has 5 saturated carbocycles. The summed E-state index contributed by atoms with van der Waals surface area (Å²) >= 11 is -2.27. The van der Waals surface area contributed by atoms with Crippen LogP contribution in [0.5, 0.6) is 0 Å². The fourth-order valence-electron chi connectivity index (χ4n) is 12.8. The molecule has 0 aliphatic heterocycles. The third-order valence-electron chi connectivity index (χ3n) is 14.8. The molecule has 0 nitrogen and oxygen atoms in total. The summed E-state index contributed by atoms with van der Waals surface area (Å²) in [5.41, 5.74) is 10.7. The summed E-state index contributed by atoms with van der Waals surface area (Å²) in [7, 11) is 0. The Morgan fingerprint density at radius 1 is 0.429 bits per heavy atom. The Kier molecular flexibility index (Phi) is 12.3. The molecule has 7 aliphatic rings. The van der Waals surface area contributed by atoms with Crippen LogP contribution in [0.4, 0.5) is 0 Å². The zero-order chi connectivity index (χ0) is 31.2. The number of fused-ring (bicyclic) bond motifs is 2. The van der Waals surface area contributed by atoms with Crippen molar-refractivity contribution in [1.29, 1.82) is 0 Å². The number of allylic oxidation sites excluding steroid dienone is 4. The van der Waals surface area contributed by atoms with Gasteiger partial charge in [0.25, 0.3) is 0 Å². The second kappa shape index (κ2) is 16.5. The minimum Gasteiger partial charge on any atom is -1.00 e. The molecule has 0 bridgehead atoms. The largest absolute Gasteiger partial charge is 1.00 e. The van der Waals surface area contributed by atoms with Gasteiger partial charge in [-0.2, -0.15) is 0 Å². The zero-order valence-corrected chi connectivity index (χ0v) is 34.0. The first-order valence-corrected chi connectivity index (χ1v) is 24.8. The van der Waals surface area contributed by atoms with Gasteiger partial charge in [-0.1, -0.05) is 0 Å². The third-order valence-corrected chi connectivity index (χ3v) is 23.7. The molecule has 0 amide bonds. The Hall–Kier alpha value is -0.747. The van der Waals surface area contributed by atoms with E-state index >= 15 is 0 Å². The van der Waals surface area contributed by atoms with Crippen LogP contribution < -0.4 is 24.8 Å². The number of rotatable bonds is 8. The maximum absolute atomic E-state index is 3.03. The molecular weight excluding hydrogens is 715 g/mol. The van der Waals surface area contributed by atoms with Crippen molar-refractivity contribution in [1.82, 2.24) is 0 Å². The van der Waals surface area contributed by atoms with Gasteiger partial charge in [0, 0.05) is 0 Å². The molecule has 2 aromatic carbocycles. The fraction of sp³-hybridized carbons (Fsp3) is 0.630. The van der Waals surface area contributed by atoms with E-state index in [1.165, 1.54) is 135 Å². The minimum atomic E-state index is -2.27. The molecule has 2 unspecified atom stereocenters. The SMILES string of the molecule is C1=C(C(C2CCCC2)C2CCCC2)c2ccccc2[CH]1[Zr+2](=[C]1CCCCC1)[CH]1C=C(C(C2CCCC2)C2CCCC2)c2ccccc21.[Cl-].[Cl-]. The van der Waals surface area contributed by atoms with Crippen LogP contribution in [0.3, 0.4) is 0 Å². The van der Waals surface area contributed by atoms with Crippen molar-refractivity contribution in [2.45, 2.75) is 142 Å². The predicted molar refractivity (Wildman–Crippen MR) is 197 cm³/mol. The first kappa shape index (κ1) is 36.6. The summed E-state index contributed by atoms with van der Waals surface area (Å²) < 4.78 is 3.57. The Morgan fingerprint density at radius 2 is 0.776 bits per heavy atom. The van der Waals surface area contributed by atoms with E-state index in [-0.39, 0.29) is 24.8 Å². The van der Waals surface area contributed by atoms with Gasteiger partial charge in [0.15, 0.2) is 0 Å². The van der Waals surface area contributed by atoms with Gasteiger partial charge in [-0.3, -0.25) is 0 Å². The van der Waals surface area contributed by atoms with E-state index in [9.17, 15) is 0 Å². The van der Waals surface area contributed by atoms with E-state index < -0.39 is 21.3 Å². The van der Waals surface area contributed by atoms with Crippen LogP contribution in [-0.4, -0.2) is 3.21 Å². The Morgan fingerprint density at radius 3 is 1.14 bits per heavy atom.